The van der Waals surface area contributed by atoms with Crippen molar-refractivity contribution >= 4 is 34.6 Å². The maximum Gasteiger partial charge on any atom is 0.261 e. The molecule has 27 heavy (non-hydrogen) atoms. The van der Waals surface area contributed by atoms with Gasteiger partial charge in [-0.3, -0.25) is 10.1 Å². The number of para-hydroxylation sites is 3. The van der Waals surface area contributed by atoms with Gasteiger partial charge in [0, 0.05) is 13.1 Å². The molecule has 0 spiro atoms. The monoisotopic (exact) mass is 383 g/mol. The molecule has 1 aliphatic heterocycles. The van der Waals surface area contributed by atoms with E-state index in [-0.39, 0.29) is 11.0 Å². The lowest BCUT2D eigenvalue weighted by molar-refractivity contribution is 0.0974. The van der Waals surface area contributed by atoms with E-state index in [0.29, 0.717) is 11.3 Å². The van der Waals surface area contributed by atoms with Crippen molar-refractivity contribution in [1.29, 1.82) is 0 Å². The van der Waals surface area contributed by atoms with Crippen molar-refractivity contribution < 1.29 is 9.53 Å². The topological polar surface area (TPSA) is 53.6 Å². The summed E-state index contributed by atoms with van der Waals surface area (Å²) in [4.78, 5) is 15.0. The molecular formula is C21H25N3O2S. The number of hydrogen-bond donors (Lipinski definition) is 2. The van der Waals surface area contributed by atoms with Gasteiger partial charge in [0.2, 0.25) is 0 Å². The van der Waals surface area contributed by atoms with Gasteiger partial charge >= 0.3 is 0 Å². The summed E-state index contributed by atoms with van der Waals surface area (Å²) in [5.41, 5.74) is 3.38. The molecule has 1 aliphatic rings. The molecule has 0 aliphatic carbocycles. The Labute approximate surface area is 165 Å². The minimum atomic E-state index is -0.288. The van der Waals surface area contributed by atoms with Crippen molar-refractivity contribution in [3.8, 4) is 5.75 Å². The second kappa shape index (κ2) is 8.86. The lowest BCUT2D eigenvalue weighted by atomic mass is 10.1. The number of carbonyl (C=O) groups is 1. The van der Waals surface area contributed by atoms with E-state index in [1.54, 1.807) is 13.2 Å². The number of thiocarbonyl (C=S) groups is 1. The highest BCUT2D eigenvalue weighted by molar-refractivity contribution is 7.80. The SMILES string of the molecule is COc1c(C)cccc1C(=O)NC(=S)Nc1ccccc1N1CCCCC1. The number of nitrogens with one attached hydrogen (secondary N) is 2. The average molecular weight is 384 g/mol. The minimum absolute atomic E-state index is 0.271. The third-order valence-corrected chi connectivity index (χ3v) is 4.94. The van der Waals surface area contributed by atoms with Gasteiger partial charge in [-0.05, 0) is 62.2 Å². The van der Waals surface area contributed by atoms with E-state index in [4.69, 9.17) is 17.0 Å². The molecule has 5 nitrogen and oxygen atoms in total. The molecule has 0 unspecified atom stereocenters. The summed E-state index contributed by atoms with van der Waals surface area (Å²) in [5.74, 6) is 0.273. The number of methoxy groups -OCH3 is 1. The Hall–Kier alpha value is -2.60. The van der Waals surface area contributed by atoms with Gasteiger partial charge in [0.25, 0.3) is 5.91 Å². The molecule has 0 atom stereocenters. The molecule has 0 radical (unpaired) electrons. The zero-order valence-corrected chi connectivity index (χ0v) is 16.6. The Bertz CT molecular complexity index is 832. The number of hydrogen-bond acceptors (Lipinski definition) is 4. The summed E-state index contributed by atoms with van der Waals surface area (Å²) in [6.07, 6.45) is 3.67. The maximum absolute atomic E-state index is 12.6. The molecular weight excluding hydrogens is 358 g/mol. The molecule has 2 aromatic rings. The Morgan fingerprint density at radius 2 is 1.81 bits per heavy atom. The highest BCUT2D eigenvalue weighted by Gasteiger charge is 2.17. The van der Waals surface area contributed by atoms with Crippen molar-refractivity contribution in [2.24, 2.45) is 0 Å². The molecule has 1 saturated heterocycles. The second-order valence-corrected chi connectivity index (χ2v) is 7.04. The molecule has 3 rings (SSSR count). The Kier molecular flexibility index (Phi) is 6.29. The molecule has 0 saturated carbocycles. The van der Waals surface area contributed by atoms with Gasteiger partial charge in [-0.2, -0.15) is 0 Å². The van der Waals surface area contributed by atoms with E-state index < -0.39 is 0 Å². The number of aryl methyl sites for hydroxylation is 1. The Morgan fingerprint density at radius 3 is 2.56 bits per heavy atom. The van der Waals surface area contributed by atoms with Crippen LogP contribution in [0.2, 0.25) is 0 Å². The van der Waals surface area contributed by atoms with Gasteiger partial charge in [-0.15, -0.1) is 0 Å². The van der Waals surface area contributed by atoms with E-state index in [0.717, 1.165) is 30.0 Å². The van der Waals surface area contributed by atoms with Crippen LogP contribution in [0.5, 0.6) is 5.75 Å². The summed E-state index contributed by atoms with van der Waals surface area (Å²) in [6.45, 7) is 3.98. The quantitative estimate of drug-likeness (QED) is 0.778. The number of anilines is 2. The van der Waals surface area contributed by atoms with Gasteiger partial charge in [-0.25, -0.2) is 0 Å². The number of piperidine rings is 1. The van der Waals surface area contributed by atoms with Crippen molar-refractivity contribution in [2.75, 3.05) is 30.4 Å². The second-order valence-electron chi connectivity index (χ2n) is 6.63. The number of rotatable bonds is 4. The third kappa shape index (κ3) is 4.57. The van der Waals surface area contributed by atoms with Crippen LogP contribution in [-0.4, -0.2) is 31.2 Å². The number of ether oxygens (including phenoxy) is 1. The van der Waals surface area contributed by atoms with E-state index >= 15 is 0 Å². The first-order valence-electron chi connectivity index (χ1n) is 9.20. The number of amides is 1. The molecule has 1 heterocycles. The fraction of sp³-hybridized carbons (Fsp3) is 0.333. The van der Waals surface area contributed by atoms with E-state index in [1.807, 2.05) is 37.3 Å². The normalized spacial score (nSPS) is 13.8. The fourth-order valence-corrected chi connectivity index (χ4v) is 3.62. The van der Waals surface area contributed by atoms with Gasteiger partial charge in [-0.1, -0.05) is 24.3 Å². The zero-order valence-electron chi connectivity index (χ0n) is 15.7. The van der Waals surface area contributed by atoms with Crippen LogP contribution < -0.4 is 20.3 Å². The van der Waals surface area contributed by atoms with Crippen LogP contribution in [0.3, 0.4) is 0 Å². The van der Waals surface area contributed by atoms with E-state index in [9.17, 15) is 4.79 Å². The first-order valence-corrected chi connectivity index (χ1v) is 9.61. The van der Waals surface area contributed by atoms with Crippen molar-refractivity contribution in [2.45, 2.75) is 26.2 Å². The molecule has 1 fully saturated rings. The lowest BCUT2D eigenvalue weighted by Crippen LogP contribution is -2.35. The first kappa shape index (κ1) is 19.2. The lowest BCUT2D eigenvalue weighted by Gasteiger charge is -2.30. The summed E-state index contributed by atoms with van der Waals surface area (Å²) in [5, 5.41) is 6.21. The zero-order chi connectivity index (χ0) is 19.2. The molecule has 0 bridgehead atoms. The molecule has 1 amide bonds. The predicted molar refractivity (Wildman–Crippen MR) is 114 cm³/mol. The van der Waals surface area contributed by atoms with Crippen LogP contribution in [0.25, 0.3) is 0 Å². The molecule has 2 aromatic carbocycles. The van der Waals surface area contributed by atoms with Crippen LogP contribution in [0.1, 0.15) is 35.2 Å². The number of benzene rings is 2. The van der Waals surface area contributed by atoms with E-state index in [1.165, 1.54) is 19.3 Å². The molecule has 142 valence electrons. The summed E-state index contributed by atoms with van der Waals surface area (Å²) < 4.78 is 5.36. The Balaban J connectivity index is 1.71. The number of nitrogens with zero attached hydrogens (tertiary/aromatic N) is 1. The summed E-state index contributed by atoms with van der Waals surface area (Å²) in [7, 11) is 1.56. The van der Waals surface area contributed by atoms with Crippen molar-refractivity contribution in [3.05, 3.63) is 53.6 Å². The van der Waals surface area contributed by atoms with Gasteiger partial charge in [0.05, 0.1) is 24.0 Å². The predicted octanol–water partition coefficient (Wildman–Crippen LogP) is 4.12. The number of carbonyl (C=O) groups excluding carboxylic acids is 1. The summed E-state index contributed by atoms with van der Waals surface area (Å²) >= 11 is 5.38. The largest absolute Gasteiger partial charge is 0.496 e. The van der Waals surface area contributed by atoms with Crippen LogP contribution in [0, 0.1) is 6.92 Å². The van der Waals surface area contributed by atoms with Crippen LogP contribution in [0.4, 0.5) is 11.4 Å². The minimum Gasteiger partial charge on any atom is -0.496 e. The maximum atomic E-state index is 12.6. The van der Waals surface area contributed by atoms with E-state index in [2.05, 4.69) is 21.6 Å². The fourth-order valence-electron chi connectivity index (χ4n) is 3.42. The highest BCUT2D eigenvalue weighted by atomic mass is 32.1. The smallest absolute Gasteiger partial charge is 0.261 e. The van der Waals surface area contributed by atoms with Gasteiger partial charge < -0.3 is 15.0 Å². The molecule has 0 aromatic heterocycles. The van der Waals surface area contributed by atoms with Crippen molar-refractivity contribution in [3.63, 3.8) is 0 Å². The molecule has 2 N–H and O–H groups in total. The third-order valence-electron chi connectivity index (χ3n) is 4.74. The van der Waals surface area contributed by atoms with Gasteiger partial charge in [0.15, 0.2) is 5.11 Å². The standard InChI is InChI=1S/C21H25N3O2S/c1-15-9-8-10-16(19(15)26-2)20(25)23-21(27)22-17-11-4-5-12-18(17)24-13-6-3-7-14-24/h4-5,8-12H,3,6-7,13-14H2,1-2H3,(H2,22,23,25,27). The van der Waals surface area contributed by atoms with Crippen LogP contribution in [0.15, 0.2) is 42.5 Å². The first-order chi connectivity index (χ1) is 13.1. The molecule has 6 heteroatoms. The summed E-state index contributed by atoms with van der Waals surface area (Å²) in [6, 6.07) is 13.5. The Morgan fingerprint density at radius 1 is 1.07 bits per heavy atom. The van der Waals surface area contributed by atoms with Crippen molar-refractivity contribution in [1.82, 2.24) is 5.32 Å². The van der Waals surface area contributed by atoms with Gasteiger partial charge in [0.1, 0.15) is 5.75 Å². The average Bonchev–Trinajstić information content (AvgIpc) is 2.68. The van der Waals surface area contributed by atoms with Crippen LogP contribution in [-0.2, 0) is 0 Å². The van der Waals surface area contributed by atoms with Crippen LogP contribution >= 0.6 is 12.2 Å². The highest BCUT2D eigenvalue weighted by Crippen LogP contribution is 2.28.